The molecule has 20 heavy (non-hydrogen) atoms. The molecule has 0 aliphatic carbocycles. The van der Waals surface area contributed by atoms with Gasteiger partial charge >= 0.3 is 0 Å². The van der Waals surface area contributed by atoms with Crippen LogP contribution in [-0.2, 0) is 9.53 Å². The van der Waals surface area contributed by atoms with E-state index >= 15 is 0 Å². The standard InChI is InChI=1S/C13H14FN3O3/c14-10-1-8(2-15-3-10)13(19)17-4-9-6-20-7-11(5-17)16-12(9)18/h1-3,9,11H,4-7H2,(H,16,18)/t9-,11+/m1/s1. The molecule has 2 saturated heterocycles. The molecule has 3 rings (SSSR count). The smallest absolute Gasteiger partial charge is 0.255 e. The summed E-state index contributed by atoms with van der Waals surface area (Å²) in [4.78, 5) is 29.5. The minimum Gasteiger partial charge on any atom is -0.378 e. The van der Waals surface area contributed by atoms with Crippen LogP contribution in [0, 0.1) is 11.7 Å². The summed E-state index contributed by atoms with van der Waals surface area (Å²) in [6, 6.07) is 0.933. The zero-order valence-corrected chi connectivity index (χ0v) is 10.7. The Labute approximate surface area is 114 Å². The van der Waals surface area contributed by atoms with Crippen LogP contribution in [0.4, 0.5) is 4.39 Å². The molecule has 0 spiro atoms. The van der Waals surface area contributed by atoms with E-state index < -0.39 is 5.82 Å². The summed E-state index contributed by atoms with van der Waals surface area (Å²) in [7, 11) is 0. The molecule has 0 unspecified atom stereocenters. The van der Waals surface area contributed by atoms with E-state index in [1.807, 2.05) is 0 Å². The van der Waals surface area contributed by atoms with Gasteiger partial charge in [-0.25, -0.2) is 4.39 Å². The molecule has 2 aliphatic heterocycles. The Morgan fingerprint density at radius 1 is 1.40 bits per heavy atom. The topological polar surface area (TPSA) is 71.5 Å². The number of fused-ring (bicyclic) bond motifs is 3. The van der Waals surface area contributed by atoms with Crippen molar-refractivity contribution in [2.45, 2.75) is 6.04 Å². The molecule has 1 aromatic rings. The summed E-state index contributed by atoms with van der Waals surface area (Å²) < 4.78 is 18.5. The molecule has 1 aromatic heterocycles. The zero-order valence-electron chi connectivity index (χ0n) is 10.7. The lowest BCUT2D eigenvalue weighted by atomic mass is 10.1. The normalized spacial score (nSPS) is 25.9. The Hall–Kier alpha value is -2.02. The zero-order chi connectivity index (χ0) is 14.1. The van der Waals surface area contributed by atoms with Crippen molar-refractivity contribution in [2.75, 3.05) is 26.3 Å². The van der Waals surface area contributed by atoms with Crippen molar-refractivity contribution in [2.24, 2.45) is 5.92 Å². The van der Waals surface area contributed by atoms with Crippen LogP contribution in [0.3, 0.4) is 0 Å². The quantitative estimate of drug-likeness (QED) is 0.773. The summed E-state index contributed by atoms with van der Waals surface area (Å²) in [5.41, 5.74) is 0.193. The maximum absolute atomic E-state index is 13.1. The van der Waals surface area contributed by atoms with Crippen LogP contribution in [0.25, 0.3) is 0 Å². The number of nitrogens with zero attached hydrogens (tertiary/aromatic N) is 2. The highest BCUT2D eigenvalue weighted by Gasteiger charge is 2.35. The summed E-state index contributed by atoms with van der Waals surface area (Å²) >= 11 is 0. The molecular weight excluding hydrogens is 265 g/mol. The SMILES string of the molecule is O=C1N[C@@H]2COC[C@H]1CN(C(=O)c1cncc(F)c1)C2. The maximum atomic E-state index is 13.1. The van der Waals surface area contributed by atoms with Gasteiger partial charge in [-0.3, -0.25) is 14.6 Å². The summed E-state index contributed by atoms with van der Waals surface area (Å²) in [5.74, 6) is -1.35. The van der Waals surface area contributed by atoms with E-state index in [-0.39, 0.29) is 35.9 Å². The second-order valence-electron chi connectivity index (χ2n) is 5.04. The average Bonchev–Trinajstić information content (AvgIpc) is 2.66. The van der Waals surface area contributed by atoms with Gasteiger partial charge in [0.15, 0.2) is 0 Å². The van der Waals surface area contributed by atoms with Gasteiger partial charge in [-0.1, -0.05) is 0 Å². The number of hydrogen-bond donors (Lipinski definition) is 1. The molecule has 2 amide bonds. The predicted molar refractivity (Wildman–Crippen MR) is 66.3 cm³/mol. The van der Waals surface area contributed by atoms with Gasteiger partial charge in [0.05, 0.1) is 36.9 Å². The van der Waals surface area contributed by atoms with Crippen LogP contribution >= 0.6 is 0 Å². The maximum Gasteiger partial charge on any atom is 0.255 e. The highest BCUT2D eigenvalue weighted by molar-refractivity contribution is 5.94. The number of carbonyl (C=O) groups excluding carboxylic acids is 2. The second-order valence-corrected chi connectivity index (χ2v) is 5.04. The van der Waals surface area contributed by atoms with E-state index in [2.05, 4.69) is 10.3 Å². The number of rotatable bonds is 1. The van der Waals surface area contributed by atoms with Crippen molar-refractivity contribution in [3.8, 4) is 0 Å². The molecule has 0 saturated carbocycles. The van der Waals surface area contributed by atoms with Crippen molar-refractivity contribution in [1.29, 1.82) is 0 Å². The average molecular weight is 279 g/mol. The van der Waals surface area contributed by atoms with E-state index in [9.17, 15) is 14.0 Å². The summed E-state index contributed by atoms with van der Waals surface area (Å²) in [6.07, 6.45) is 2.38. The van der Waals surface area contributed by atoms with Gasteiger partial charge in [0.1, 0.15) is 5.82 Å². The second kappa shape index (κ2) is 5.16. The predicted octanol–water partition coefficient (Wildman–Crippen LogP) is -0.192. The number of amides is 2. The van der Waals surface area contributed by atoms with Gasteiger partial charge in [0, 0.05) is 19.3 Å². The van der Waals surface area contributed by atoms with Crippen molar-refractivity contribution < 1.29 is 18.7 Å². The molecular formula is C13H14FN3O3. The minimum absolute atomic E-state index is 0.0971. The van der Waals surface area contributed by atoms with Gasteiger partial charge in [0.2, 0.25) is 5.91 Å². The number of carbonyl (C=O) groups is 2. The number of pyridine rings is 1. The molecule has 1 N–H and O–H groups in total. The molecule has 2 fully saturated rings. The molecule has 7 heteroatoms. The third-order valence-electron chi connectivity index (χ3n) is 3.48. The minimum atomic E-state index is -0.552. The number of halogens is 1. The summed E-state index contributed by atoms with van der Waals surface area (Å²) in [6.45, 7) is 1.32. The number of ether oxygens (including phenoxy) is 1. The van der Waals surface area contributed by atoms with Crippen molar-refractivity contribution >= 4 is 11.8 Å². The van der Waals surface area contributed by atoms with Crippen LogP contribution in [0.1, 0.15) is 10.4 Å². The first-order chi connectivity index (χ1) is 9.63. The Bertz CT molecular complexity index is 551. The Kier molecular flexibility index (Phi) is 3.35. The first-order valence-electron chi connectivity index (χ1n) is 6.41. The van der Waals surface area contributed by atoms with E-state index in [1.54, 1.807) is 4.90 Å². The lowest BCUT2D eigenvalue weighted by Gasteiger charge is -2.27. The lowest BCUT2D eigenvalue weighted by Crippen LogP contribution is -2.44. The van der Waals surface area contributed by atoms with Gasteiger partial charge in [-0.15, -0.1) is 0 Å². The van der Waals surface area contributed by atoms with E-state index in [0.29, 0.717) is 19.8 Å². The monoisotopic (exact) mass is 279 g/mol. The first kappa shape index (κ1) is 13.0. The van der Waals surface area contributed by atoms with Crippen molar-refractivity contribution in [1.82, 2.24) is 15.2 Å². The molecule has 0 radical (unpaired) electrons. The highest BCUT2D eigenvalue weighted by atomic mass is 19.1. The van der Waals surface area contributed by atoms with Crippen molar-refractivity contribution in [3.63, 3.8) is 0 Å². The van der Waals surface area contributed by atoms with Gasteiger partial charge in [0.25, 0.3) is 5.91 Å². The third-order valence-corrected chi connectivity index (χ3v) is 3.48. The largest absolute Gasteiger partial charge is 0.378 e. The van der Waals surface area contributed by atoms with Crippen LogP contribution < -0.4 is 5.32 Å². The molecule has 2 atom stereocenters. The fraction of sp³-hybridized carbons (Fsp3) is 0.462. The molecule has 2 aliphatic rings. The molecule has 2 bridgehead atoms. The third kappa shape index (κ3) is 2.49. The Morgan fingerprint density at radius 3 is 3.05 bits per heavy atom. The van der Waals surface area contributed by atoms with Crippen molar-refractivity contribution in [3.05, 3.63) is 29.8 Å². The lowest BCUT2D eigenvalue weighted by molar-refractivity contribution is -0.125. The Balaban J connectivity index is 1.83. The van der Waals surface area contributed by atoms with E-state index in [0.717, 1.165) is 12.3 Å². The fourth-order valence-electron chi connectivity index (χ4n) is 2.51. The van der Waals surface area contributed by atoms with E-state index in [4.69, 9.17) is 4.74 Å². The van der Waals surface area contributed by atoms with Crippen LogP contribution in [0.5, 0.6) is 0 Å². The van der Waals surface area contributed by atoms with Gasteiger partial charge in [-0.2, -0.15) is 0 Å². The van der Waals surface area contributed by atoms with Crippen LogP contribution in [0.15, 0.2) is 18.5 Å². The van der Waals surface area contributed by atoms with E-state index in [1.165, 1.54) is 6.20 Å². The molecule has 0 aromatic carbocycles. The highest BCUT2D eigenvalue weighted by Crippen LogP contribution is 2.16. The molecule has 106 valence electrons. The molecule has 6 nitrogen and oxygen atoms in total. The number of aromatic nitrogens is 1. The first-order valence-corrected chi connectivity index (χ1v) is 6.41. The van der Waals surface area contributed by atoms with Gasteiger partial charge in [-0.05, 0) is 6.07 Å². The molecule has 3 heterocycles. The van der Waals surface area contributed by atoms with Gasteiger partial charge < -0.3 is 15.0 Å². The fourth-order valence-corrected chi connectivity index (χ4v) is 2.51. The van der Waals surface area contributed by atoms with Crippen LogP contribution in [0.2, 0.25) is 0 Å². The Morgan fingerprint density at radius 2 is 2.25 bits per heavy atom. The number of hydrogen-bond acceptors (Lipinski definition) is 4. The number of nitrogens with one attached hydrogen (secondary N) is 1. The summed E-state index contributed by atoms with van der Waals surface area (Å²) in [5, 5.41) is 2.84. The van der Waals surface area contributed by atoms with Crippen LogP contribution in [-0.4, -0.2) is 54.0 Å².